The smallest absolute Gasteiger partial charge is 0.195 e. The molecule has 1 heterocycles. The molecule has 0 aliphatic carbocycles. The Morgan fingerprint density at radius 3 is 3.06 bits per heavy atom. The van der Waals surface area contributed by atoms with E-state index in [0.717, 1.165) is 5.75 Å². The standard InChI is InChI=1S/C11H10BrFO2S/c12-7-1-2-9(13)8(5-7)11(14)10-6-16-4-3-15-10/h1-2,5,10H,3-4,6H2. The highest BCUT2D eigenvalue weighted by atomic mass is 79.9. The minimum atomic E-state index is -0.512. The van der Waals surface area contributed by atoms with E-state index in [4.69, 9.17) is 4.74 Å². The molecule has 0 amide bonds. The van der Waals surface area contributed by atoms with Crippen LogP contribution in [0.3, 0.4) is 0 Å². The van der Waals surface area contributed by atoms with E-state index in [2.05, 4.69) is 15.9 Å². The second-order valence-electron chi connectivity index (χ2n) is 3.42. The van der Waals surface area contributed by atoms with Crippen molar-refractivity contribution in [2.45, 2.75) is 6.10 Å². The first kappa shape index (κ1) is 12.1. The fourth-order valence-electron chi connectivity index (χ4n) is 1.50. The number of carbonyl (C=O) groups excluding carboxylic acids is 1. The maximum atomic E-state index is 13.5. The van der Waals surface area contributed by atoms with Gasteiger partial charge in [0.05, 0.1) is 12.2 Å². The van der Waals surface area contributed by atoms with E-state index in [1.54, 1.807) is 17.8 Å². The monoisotopic (exact) mass is 304 g/mol. The van der Waals surface area contributed by atoms with Crippen LogP contribution in [0.4, 0.5) is 4.39 Å². The summed E-state index contributed by atoms with van der Waals surface area (Å²) < 4.78 is 19.5. The van der Waals surface area contributed by atoms with E-state index >= 15 is 0 Å². The summed E-state index contributed by atoms with van der Waals surface area (Å²) in [5.41, 5.74) is 0.0990. The molecule has 16 heavy (non-hydrogen) atoms. The summed E-state index contributed by atoms with van der Waals surface area (Å²) in [7, 11) is 0. The molecule has 0 bridgehead atoms. The number of carbonyl (C=O) groups is 1. The molecule has 0 N–H and O–H groups in total. The van der Waals surface area contributed by atoms with Crippen LogP contribution in [0.2, 0.25) is 0 Å². The van der Waals surface area contributed by atoms with E-state index < -0.39 is 11.9 Å². The molecule has 1 aliphatic rings. The van der Waals surface area contributed by atoms with Gasteiger partial charge in [-0.15, -0.1) is 0 Å². The van der Waals surface area contributed by atoms with Crippen LogP contribution in [0.25, 0.3) is 0 Å². The highest BCUT2D eigenvalue weighted by Crippen LogP contribution is 2.21. The Kier molecular flexibility index (Phi) is 4.00. The van der Waals surface area contributed by atoms with Crippen LogP contribution in [-0.2, 0) is 4.74 Å². The Hall–Kier alpha value is -0.390. The summed E-state index contributed by atoms with van der Waals surface area (Å²) in [4.78, 5) is 12.0. The Labute approximate surface area is 106 Å². The van der Waals surface area contributed by atoms with Gasteiger partial charge in [-0.25, -0.2) is 4.39 Å². The zero-order valence-corrected chi connectivity index (χ0v) is 10.8. The van der Waals surface area contributed by atoms with Gasteiger partial charge in [-0.2, -0.15) is 11.8 Å². The molecule has 2 rings (SSSR count). The largest absolute Gasteiger partial charge is 0.368 e. The van der Waals surface area contributed by atoms with Crippen LogP contribution < -0.4 is 0 Å². The lowest BCUT2D eigenvalue weighted by atomic mass is 10.1. The molecular formula is C11H10BrFO2S. The highest BCUT2D eigenvalue weighted by molar-refractivity contribution is 9.10. The van der Waals surface area contributed by atoms with Gasteiger partial charge in [-0.3, -0.25) is 4.79 Å². The fraction of sp³-hybridized carbons (Fsp3) is 0.364. The molecule has 1 saturated heterocycles. The summed E-state index contributed by atoms with van der Waals surface area (Å²) in [6, 6.07) is 4.36. The third kappa shape index (κ3) is 2.64. The molecule has 1 unspecified atom stereocenters. The lowest BCUT2D eigenvalue weighted by molar-refractivity contribution is 0.0515. The summed E-state index contributed by atoms with van der Waals surface area (Å²) in [6.45, 7) is 0.552. The second-order valence-corrected chi connectivity index (χ2v) is 5.49. The predicted molar refractivity (Wildman–Crippen MR) is 65.5 cm³/mol. The summed E-state index contributed by atoms with van der Waals surface area (Å²) in [5, 5.41) is 0. The van der Waals surface area contributed by atoms with Crippen molar-refractivity contribution in [1.82, 2.24) is 0 Å². The maximum Gasteiger partial charge on any atom is 0.195 e. The molecule has 86 valence electrons. The Balaban J connectivity index is 2.22. The number of halogens is 2. The number of rotatable bonds is 2. The molecule has 1 fully saturated rings. The number of hydrogen-bond donors (Lipinski definition) is 0. The predicted octanol–water partition coefficient (Wildman–Crippen LogP) is 2.90. The molecule has 0 aromatic heterocycles. The lowest BCUT2D eigenvalue weighted by Gasteiger charge is -2.21. The number of thioether (sulfide) groups is 1. The van der Waals surface area contributed by atoms with Crippen molar-refractivity contribution in [2.75, 3.05) is 18.1 Å². The van der Waals surface area contributed by atoms with E-state index in [1.807, 2.05) is 0 Å². The molecule has 1 aromatic rings. The molecule has 1 atom stereocenters. The summed E-state index contributed by atoms with van der Waals surface area (Å²) in [6.07, 6.45) is -0.512. The van der Waals surface area contributed by atoms with Gasteiger partial charge in [0.15, 0.2) is 5.78 Å². The van der Waals surface area contributed by atoms with Crippen molar-refractivity contribution < 1.29 is 13.9 Å². The fourth-order valence-corrected chi connectivity index (χ4v) is 2.70. The van der Waals surface area contributed by atoms with Crippen LogP contribution in [0.1, 0.15) is 10.4 Å². The van der Waals surface area contributed by atoms with Crippen molar-refractivity contribution in [2.24, 2.45) is 0 Å². The normalized spacial score (nSPS) is 20.8. The summed E-state index contributed by atoms with van der Waals surface area (Å²) in [5.74, 6) is 0.730. The topological polar surface area (TPSA) is 26.3 Å². The van der Waals surface area contributed by atoms with Gasteiger partial charge >= 0.3 is 0 Å². The van der Waals surface area contributed by atoms with Gasteiger partial charge in [-0.05, 0) is 18.2 Å². The SMILES string of the molecule is O=C(c1cc(Br)ccc1F)C1CSCCO1. The molecule has 5 heteroatoms. The molecular weight excluding hydrogens is 295 g/mol. The van der Waals surface area contributed by atoms with E-state index in [-0.39, 0.29) is 11.3 Å². The van der Waals surface area contributed by atoms with Crippen molar-refractivity contribution in [1.29, 1.82) is 0 Å². The van der Waals surface area contributed by atoms with E-state index in [1.165, 1.54) is 12.1 Å². The zero-order valence-electron chi connectivity index (χ0n) is 8.41. The number of benzene rings is 1. The molecule has 1 aromatic carbocycles. The van der Waals surface area contributed by atoms with Gasteiger partial charge in [0.2, 0.25) is 0 Å². The van der Waals surface area contributed by atoms with Gasteiger partial charge in [0.1, 0.15) is 11.9 Å². The third-order valence-corrected chi connectivity index (χ3v) is 3.79. The van der Waals surface area contributed by atoms with Gasteiger partial charge in [0.25, 0.3) is 0 Å². The van der Waals surface area contributed by atoms with Crippen molar-refractivity contribution >= 4 is 33.5 Å². The van der Waals surface area contributed by atoms with Crippen molar-refractivity contribution in [3.8, 4) is 0 Å². The minimum Gasteiger partial charge on any atom is -0.368 e. The molecule has 0 radical (unpaired) electrons. The van der Waals surface area contributed by atoms with Crippen molar-refractivity contribution in [3.63, 3.8) is 0 Å². The Bertz CT molecular complexity index is 405. The highest BCUT2D eigenvalue weighted by Gasteiger charge is 2.25. The maximum absolute atomic E-state index is 13.5. The molecule has 1 aliphatic heterocycles. The quantitative estimate of drug-likeness (QED) is 0.786. The van der Waals surface area contributed by atoms with Crippen LogP contribution in [0.5, 0.6) is 0 Å². The average Bonchev–Trinajstić information content (AvgIpc) is 2.32. The number of Topliss-reactive ketones (excluding diaryl/α,β-unsaturated/α-hetero) is 1. The van der Waals surface area contributed by atoms with Crippen LogP contribution in [0, 0.1) is 5.82 Å². The zero-order chi connectivity index (χ0) is 11.5. The first-order valence-corrected chi connectivity index (χ1v) is 6.82. The van der Waals surface area contributed by atoms with Crippen molar-refractivity contribution in [3.05, 3.63) is 34.1 Å². The number of ether oxygens (including phenoxy) is 1. The first-order valence-electron chi connectivity index (χ1n) is 4.87. The summed E-state index contributed by atoms with van der Waals surface area (Å²) >= 11 is 4.88. The van der Waals surface area contributed by atoms with E-state index in [0.29, 0.717) is 16.8 Å². The Morgan fingerprint density at radius 1 is 1.56 bits per heavy atom. The van der Waals surface area contributed by atoms with E-state index in [9.17, 15) is 9.18 Å². The number of hydrogen-bond acceptors (Lipinski definition) is 3. The number of ketones is 1. The first-order chi connectivity index (χ1) is 7.68. The molecule has 2 nitrogen and oxygen atoms in total. The molecule has 0 saturated carbocycles. The molecule has 0 spiro atoms. The van der Waals surface area contributed by atoms with Gasteiger partial charge in [-0.1, -0.05) is 15.9 Å². The third-order valence-electron chi connectivity index (χ3n) is 2.30. The minimum absolute atomic E-state index is 0.0990. The van der Waals surface area contributed by atoms with Crippen LogP contribution in [-0.4, -0.2) is 30.0 Å². The Morgan fingerprint density at radius 2 is 2.38 bits per heavy atom. The second kappa shape index (κ2) is 5.29. The van der Waals surface area contributed by atoms with Crippen LogP contribution >= 0.6 is 27.7 Å². The lowest BCUT2D eigenvalue weighted by Crippen LogP contribution is -2.32. The van der Waals surface area contributed by atoms with Gasteiger partial charge in [0, 0.05) is 16.0 Å². The van der Waals surface area contributed by atoms with Crippen LogP contribution in [0.15, 0.2) is 22.7 Å². The van der Waals surface area contributed by atoms with Gasteiger partial charge < -0.3 is 4.74 Å². The average molecular weight is 305 g/mol.